The van der Waals surface area contributed by atoms with Crippen molar-refractivity contribution in [2.45, 2.75) is 13.8 Å². The SMILES string of the molecule is COc1ccc(C)cc1-c1cc(C)ccc1Cl. The van der Waals surface area contributed by atoms with Crippen LogP contribution in [0.1, 0.15) is 11.1 Å². The molecule has 0 aliphatic carbocycles. The van der Waals surface area contributed by atoms with Gasteiger partial charge in [0.2, 0.25) is 0 Å². The largest absolute Gasteiger partial charge is 0.496 e. The molecule has 0 aliphatic heterocycles. The highest BCUT2D eigenvalue weighted by atomic mass is 35.5. The van der Waals surface area contributed by atoms with Gasteiger partial charge in [-0.2, -0.15) is 0 Å². The maximum absolute atomic E-state index is 6.26. The van der Waals surface area contributed by atoms with Gasteiger partial charge in [-0.05, 0) is 38.1 Å². The van der Waals surface area contributed by atoms with E-state index >= 15 is 0 Å². The summed E-state index contributed by atoms with van der Waals surface area (Å²) in [6.45, 7) is 4.12. The van der Waals surface area contributed by atoms with E-state index in [0.29, 0.717) is 0 Å². The van der Waals surface area contributed by atoms with Gasteiger partial charge in [-0.3, -0.25) is 0 Å². The van der Waals surface area contributed by atoms with E-state index < -0.39 is 0 Å². The number of aryl methyl sites for hydroxylation is 2. The van der Waals surface area contributed by atoms with Crippen LogP contribution in [0, 0.1) is 13.8 Å². The second-order valence-corrected chi connectivity index (χ2v) is 4.59. The second-order valence-electron chi connectivity index (χ2n) is 4.19. The molecule has 2 heteroatoms. The summed E-state index contributed by atoms with van der Waals surface area (Å²) >= 11 is 6.26. The Kier molecular flexibility index (Phi) is 3.39. The first-order valence-corrected chi connectivity index (χ1v) is 5.91. The summed E-state index contributed by atoms with van der Waals surface area (Å²) in [5, 5.41) is 0.750. The van der Waals surface area contributed by atoms with Gasteiger partial charge >= 0.3 is 0 Å². The van der Waals surface area contributed by atoms with Crippen molar-refractivity contribution >= 4 is 11.6 Å². The Hall–Kier alpha value is -1.47. The van der Waals surface area contributed by atoms with Crippen LogP contribution >= 0.6 is 11.6 Å². The van der Waals surface area contributed by atoms with E-state index in [4.69, 9.17) is 16.3 Å². The number of hydrogen-bond donors (Lipinski definition) is 0. The van der Waals surface area contributed by atoms with Gasteiger partial charge in [-0.1, -0.05) is 34.9 Å². The first kappa shape index (κ1) is 12.0. The van der Waals surface area contributed by atoms with Crippen LogP contribution in [0.25, 0.3) is 11.1 Å². The number of rotatable bonds is 2. The van der Waals surface area contributed by atoms with E-state index in [1.807, 2.05) is 24.3 Å². The highest BCUT2D eigenvalue weighted by Crippen LogP contribution is 2.35. The predicted molar refractivity (Wildman–Crippen MR) is 72.9 cm³/mol. The summed E-state index contributed by atoms with van der Waals surface area (Å²) in [5.74, 6) is 0.850. The maximum atomic E-state index is 6.26. The summed E-state index contributed by atoms with van der Waals surface area (Å²) in [6, 6.07) is 12.1. The Bertz CT molecular complexity index is 547. The molecule has 0 radical (unpaired) electrons. The molecule has 0 heterocycles. The van der Waals surface area contributed by atoms with E-state index in [9.17, 15) is 0 Å². The maximum Gasteiger partial charge on any atom is 0.126 e. The molecule has 88 valence electrons. The van der Waals surface area contributed by atoms with Crippen molar-refractivity contribution in [3.05, 3.63) is 52.5 Å². The van der Waals surface area contributed by atoms with Gasteiger partial charge in [0, 0.05) is 16.1 Å². The van der Waals surface area contributed by atoms with E-state index in [-0.39, 0.29) is 0 Å². The van der Waals surface area contributed by atoms with Crippen LogP contribution in [0.3, 0.4) is 0 Å². The van der Waals surface area contributed by atoms with Crippen LogP contribution in [0.15, 0.2) is 36.4 Å². The van der Waals surface area contributed by atoms with Crippen molar-refractivity contribution in [3.63, 3.8) is 0 Å². The minimum absolute atomic E-state index is 0.750. The minimum Gasteiger partial charge on any atom is -0.496 e. The van der Waals surface area contributed by atoms with Gasteiger partial charge in [-0.15, -0.1) is 0 Å². The van der Waals surface area contributed by atoms with Crippen LogP contribution in [0.2, 0.25) is 5.02 Å². The van der Waals surface area contributed by atoms with Crippen molar-refractivity contribution in [3.8, 4) is 16.9 Å². The average Bonchev–Trinajstić information content (AvgIpc) is 2.32. The summed E-state index contributed by atoms with van der Waals surface area (Å²) in [4.78, 5) is 0. The van der Waals surface area contributed by atoms with Gasteiger partial charge < -0.3 is 4.74 Å². The third-order valence-corrected chi connectivity index (χ3v) is 3.10. The van der Waals surface area contributed by atoms with E-state index in [1.165, 1.54) is 11.1 Å². The summed E-state index contributed by atoms with van der Waals surface area (Å²) < 4.78 is 5.39. The van der Waals surface area contributed by atoms with Gasteiger partial charge in [0.1, 0.15) is 5.75 Å². The van der Waals surface area contributed by atoms with E-state index in [2.05, 4.69) is 26.0 Å². The molecule has 0 N–H and O–H groups in total. The van der Waals surface area contributed by atoms with Crippen molar-refractivity contribution in [1.82, 2.24) is 0 Å². The lowest BCUT2D eigenvalue weighted by atomic mass is 10.0. The molecular weight excluding hydrogens is 232 g/mol. The fraction of sp³-hybridized carbons (Fsp3) is 0.200. The van der Waals surface area contributed by atoms with E-state index in [1.54, 1.807) is 7.11 Å². The second kappa shape index (κ2) is 4.80. The number of hydrogen-bond acceptors (Lipinski definition) is 1. The first-order valence-electron chi connectivity index (χ1n) is 5.53. The highest BCUT2D eigenvalue weighted by Gasteiger charge is 2.09. The molecule has 0 spiro atoms. The standard InChI is InChI=1S/C15H15ClO/c1-10-4-6-14(16)12(8-10)13-9-11(2)5-7-15(13)17-3/h4-9H,1-3H3. The molecule has 0 saturated carbocycles. The lowest BCUT2D eigenvalue weighted by Crippen LogP contribution is -1.90. The topological polar surface area (TPSA) is 9.23 Å². The fourth-order valence-electron chi connectivity index (χ4n) is 1.88. The molecule has 2 aromatic carbocycles. The molecule has 0 atom stereocenters. The van der Waals surface area contributed by atoms with Gasteiger partial charge in [0.05, 0.1) is 7.11 Å². The molecule has 0 aromatic heterocycles. The van der Waals surface area contributed by atoms with Crippen LogP contribution < -0.4 is 4.74 Å². The van der Waals surface area contributed by atoms with Crippen molar-refractivity contribution < 1.29 is 4.74 Å². The summed E-state index contributed by atoms with van der Waals surface area (Å²) in [6.07, 6.45) is 0. The molecule has 0 unspecified atom stereocenters. The Morgan fingerprint density at radius 3 is 2.12 bits per heavy atom. The predicted octanol–water partition coefficient (Wildman–Crippen LogP) is 4.63. The number of methoxy groups -OCH3 is 1. The van der Waals surface area contributed by atoms with Crippen LogP contribution in [-0.2, 0) is 0 Å². The molecule has 0 amide bonds. The zero-order valence-electron chi connectivity index (χ0n) is 10.3. The van der Waals surface area contributed by atoms with Gasteiger partial charge in [0.25, 0.3) is 0 Å². The molecule has 0 aliphatic rings. The molecule has 0 saturated heterocycles. The Labute approximate surface area is 107 Å². The molecule has 17 heavy (non-hydrogen) atoms. The van der Waals surface area contributed by atoms with Crippen molar-refractivity contribution in [1.29, 1.82) is 0 Å². The molecular formula is C15H15ClO. The van der Waals surface area contributed by atoms with E-state index in [0.717, 1.165) is 21.9 Å². The van der Waals surface area contributed by atoms with Crippen molar-refractivity contribution in [2.75, 3.05) is 7.11 Å². The Morgan fingerprint density at radius 1 is 0.882 bits per heavy atom. The lowest BCUT2D eigenvalue weighted by molar-refractivity contribution is 0.416. The average molecular weight is 247 g/mol. The van der Waals surface area contributed by atoms with Crippen molar-refractivity contribution in [2.24, 2.45) is 0 Å². The quantitative estimate of drug-likeness (QED) is 0.751. The fourth-order valence-corrected chi connectivity index (χ4v) is 2.10. The Morgan fingerprint density at radius 2 is 1.47 bits per heavy atom. The lowest BCUT2D eigenvalue weighted by Gasteiger charge is -2.11. The molecule has 2 rings (SSSR count). The van der Waals surface area contributed by atoms with Gasteiger partial charge in [0.15, 0.2) is 0 Å². The highest BCUT2D eigenvalue weighted by molar-refractivity contribution is 6.33. The molecule has 1 nitrogen and oxygen atoms in total. The summed E-state index contributed by atoms with van der Waals surface area (Å²) in [7, 11) is 1.68. The normalized spacial score (nSPS) is 10.4. The zero-order valence-corrected chi connectivity index (χ0v) is 11.0. The van der Waals surface area contributed by atoms with Crippen LogP contribution in [-0.4, -0.2) is 7.11 Å². The molecule has 0 fully saturated rings. The van der Waals surface area contributed by atoms with Crippen LogP contribution in [0.4, 0.5) is 0 Å². The summed E-state index contributed by atoms with van der Waals surface area (Å²) in [5.41, 5.74) is 4.44. The molecule has 2 aromatic rings. The Balaban J connectivity index is 2.66. The molecule has 0 bridgehead atoms. The zero-order chi connectivity index (χ0) is 12.4. The van der Waals surface area contributed by atoms with Gasteiger partial charge in [-0.25, -0.2) is 0 Å². The minimum atomic E-state index is 0.750. The number of benzene rings is 2. The monoisotopic (exact) mass is 246 g/mol. The third-order valence-electron chi connectivity index (χ3n) is 2.77. The third kappa shape index (κ3) is 2.45. The number of ether oxygens (including phenoxy) is 1. The smallest absolute Gasteiger partial charge is 0.126 e. The first-order chi connectivity index (χ1) is 8.11. The number of halogens is 1. The van der Waals surface area contributed by atoms with Crippen LogP contribution in [0.5, 0.6) is 5.75 Å².